The molecule has 0 aliphatic heterocycles. The summed E-state index contributed by atoms with van der Waals surface area (Å²) in [6, 6.07) is 0.264. The van der Waals surface area contributed by atoms with Crippen LogP contribution in [0.5, 0.6) is 0 Å². The molecule has 0 saturated carbocycles. The van der Waals surface area contributed by atoms with E-state index >= 15 is 0 Å². The molecule has 162 valence electrons. The Hall–Kier alpha value is -1.59. The second-order valence-electron chi connectivity index (χ2n) is 8.76. The van der Waals surface area contributed by atoms with Crippen molar-refractivity contribution in [2.75, 3.05) is 6.54 Å². The molecule has 3 N–H and O–H groups in total. The molecular weight excluding hydrogens is 342 g/mol. The summed E-state index contributed by atoms with van der Waals surface area (Å²) in [6.45, 7) is 23.8. The van der Waals surface area contributed by atoms with Gasteiger partial charge in [-0.15, -0.1) is 0 Å². The summed E-state index contributed by atoms with van der Waals surface area (Å²) in [5, 5.41) is 8.39. The third kappa shape index (κ3) is 24.4. The fraction of sp³-hybridized carbons (Fsp3) is 0.857. The lowest BCUT2D eigenvalue weighted by Crippen LogP contribution is -2.42. The second-order valence-corrected chi connectivity index (χ2v) is 8.76. The highest BCUT2D eigenvalue weighted by atomic mass is 16.2. The summed E-state index contributed by atoms with van der Waals surface area (Å²) in [4.78, 5) is 32.5. The van der Waals surface area contributed by atoms with Crippen molar-refractivity contribution in [3.05, 3.63) is 0 Å². The molecule has 0 bridgehead atoms. The van der Waals surface area contributed by atoms with Gasteiger partial charge < -0.3 is 16.0 Å². The third-order valence-corrected chi connectivity index (χ3v) is 2.85. The first-order valence-electron chi connectivity index (χ1n) is 9.95. The molecule has 0 unspecified atom stereocenters. The van der Waals surface area contributed by atoms with Crippen LogP contribution >= 0.6 is 0 Å². The summed E-state index contributed by atoms with van der Waals surface area (Å²) in [6.07, 6.45) is 0. The molecule has 0 aliphatic carbocycles. The van der Waals surface area contributed by atoms with Crippen molar-refractivity contribution in [2.24, 2.45) is 17.8 Å². The van der Waals surface area contributed by atoms with Gasteiger partial charge in [0, 0.05) is 35.9 Å². The van der Waals surface area contributed by atoms with Gasteiger partial charge in [-0.05, 0) is 41.5 Å². The van der Waals surface area contributed by atoms with Gasteiger partial charge in [0.2, 0.25) is 17.7 Å². The van der Waals surface area contributed by atoms with Gasteiger partial charge >= 0.3 is 0 Å². The maximum absolute atomic E-state index is 11.0. The zero-order chi connectivity index (χ0) is 22.4. The lowest BCUT2D eigenvalue weighted by Gasteiger charge is -2.21. The van der Waals surface area contributed by atoms with E-state index in [2.05, 4.69) is 16.0 Å². The van der Waals surface area contributed by atoms with E-state index in [1.807, 2.05) is 83.1 Å². The first-order valence-corrected chi connectivity index (χ1v) is 9.95. The number of hydrogen-bond donors (Lipinski definition) is 3. The monoisotopic (exact) mass is 387 g/mol. The number of carbonyl (C=O) groups is 3. The Morgan fingerprint density at radius 3 is 1.19 bits per heavy atom. The van der Waals surface area contributed by atoms with Gasteiger partial charge in [0.25, 0.3) is 0 Å². The van der Waals surface area contributed by atoms with E-state index in [9.17, 15) is 14.4 Å². The lowest BCUT2D eigenvalue weighted by atomic mass is 10.1. The van der Waals surface area contributed by atoms with Crippen LogP contribution in [0.25, 0.3) is 0 Å². The average molecular weight is 388 g/mol. The van der Waals surface area contributed by atoms with Crippen LogP contribution in [0.15, 0.2) is 0 Å². The maximum Gasteiger partial charge on any atom is 0.222 e. The Balaban J connectivity index is -0.000000322. The van der Waals surface area contributed by atoms with Crippen LogP contribution in [0.3, 0.4) is 0 Å². The third-order valence-electron chi connectivity index (χ3n) is 2.85. The van der Waals surface area contributed by atoms with Crippen molar-refractivity contribution in [2.45, 2.75) is 94.7 Å². The molecule has 0 rings (SSSR count). The molecule has 0 atom stereocenters. The topological polar surface area (TPSA) is 87.3 Å². The Labute approximate surface area is 167 Å². The van der Waals surface area contributed by atoms with E-state index < -0.39 is 0 Å². The highest BCUT2D eigenvalue weighted by Gasteiger charge is 2.15. The van der Waals surface area contributed by atoms with Crippen LogP contribution in [-0.4, -0.2) is 35.8 Å². The van der Waals surface area contributed by atoms with E-state index in [0.29, 0.717) is 0 Å². The first-order chi connectivity index (χ1) is 12.0. The van der Waals surface area contributed by atoms with E-state index in [4.69, 9.17) is 0 Å². The Morgan fingerprint density at radius 2 is 1.07 bits per heavy atom. The lowest BCUT2D eigenvalue weighted by molar-refractivity contribution is -0.125. The quantitative estimate of drug-likeness (QED) is 0.674. The van der Waals surface area contributed by atoms with Gasteiger partial charge in [0.05, 0.1) is 0 Å². The molecule has 0 aliphatic rings. The maximum atomic E-state index is 11.0. The van der Waals surface area contributed by atoms with Gasteiger partial charge in [0.15, 0.2) is 0 Å². The molecule has 0 aromatic carbocycles. The van der Waals surface area contributed by atoms with E-state index in [1.165, 1.54) is 0 Å². The molecule has 0 spiro atoms. The van der Waals surface area contributed by atoms with Gasteiger partial charge in [-0.2, -0.15) is 0 Å². The predicted molar refractivity (Wildman–Crippen MR) is 114 cm³/mol. The molecule has 0 aromatic heterocycles. The minimum Gasteiger partial charge on any atom is -0.356 e. The molecule has 0 saturated heterocycles. The Bertz CT molecular complexity index is 423. The highest BCUT2D eigenvalue weighted by molar-refractivity contribution is 5.78. The summed E-state index contributed by atoms with van der Waals surface area (Å²) >= 11 is 0. The largest absolute Gasteiger partial charge is 0.356 e. The number of amides is 3. The fourth-order valence-electron chi connectivity index (χ4n) is 1.34. The van der Waals surface area contributed by atoms with Crippen molar-refractivity contribution in [3.63, 3.8) is 0 Å². The minimum atomic E-state index is -0.0959. The summed E-state index contributed by atoms with van der Waals surface area (Å²) in [5.74, 6) is 0.687. The van der Waals surface area contributed by atoms with E-state index in [1.54, 1.807) is 0 Å². The van der Waals surface area contributed by atoms with Crippen molar-refractivity contribution in [1.29, 1.82) is 0 Å². The zero-order valence-electron chi connectivity index (χ0n) is 19.7. The molecule has 3 amide bonds. The number of hydrogen-bond acceptors (Lipinski definition) is 3. The van der Waals surface area contributed by atoms with E-state index in [-0.39, 0.29) is 47.1 Å². The SMILES string of the molecule is CC(C)C(=O)NC(C)(C)C.CC(C)NC(=O)C(C)C.CCNC(=O)C(C)C. The normalized spacial score (nSPS) is 10.7. The predicted octanol–water partition coefficient (Wildman–Crippen LogP) is 3.50. The van der Waals surface area contributed by atoms with Crippen molar-refractivity contribution >= 4 is 17.7 Å². The van der Waals surface area contributed by atoms with Crippen molar-refractivity contribution < 1.29 is 14.4 Å². The average Bonchev–Trinajstić information content (AvgIpc) is 2.46. The number of carbonyl (C=O) groups excluding carboxylic acids is 3. The summed E-state index contributed by atoms with van der Waals surface area (Å²) in [7, 11) is 0. The number of nitrogens with one attached hydrogen (secondary N) is 3. The number of rotatable bonds is 5. The van der Waals surface area contributed by atoms with Gasteiger partial charge in [0.1, 0.15) is 0 Å². The fourth-order valence-corrected chi connectivity index (χ4v) is 1.34. The Morgan fingerprint density at radius 1 is 0.704 bits per heavy atom. The van der Waals surface area contributed by atoms with Crippen LogP contribution in [0.1, 0.15) is 83.1 Å². The van der Waals surface area contributed by atoms with Crippen LogP contribution in [0.2, 0.25) is 0 Å². The van der Waals surface area contributed by atoms with Gasteiger partial charge in [-0.25, -0.2) is 0 Å². The smallest absolute Gasteiger partial charge is 0.222 e. The van der Waals surface area contributed by atoms with Crippen LogP contribution < -0.4 is 16.0 Å². The van der Waals surface area contributed by atoms with Crippen LogP contribution in [0.4, 0.5) is 0 Å². The van der Waals surface area contributed by atoms with Gasteiger partial charge in [-0.3, -0.25) is 14.4 Å². The Kier molecular flexibility index (Phi) is 17.3. The van der Waals surface area contributed by atoms with E-state index in [0.717, 1.165) is 6.54 Å². The molecule has 0 heterocycles. The van der Waals surface area contributed by atoms with Crippen LogP contribution in [-0.2, 0) is 14.4 Å². The van der Waals surface area contributed by atoms with Gasteiger partial charge in [-0.1, -0.05) is 41.5 Å². The highest BCUT2D eigenvalue weighted by Crippen LogP contribution is 2.01. The molecular formula is C21H45N3O3. The zero-order valence-corrected chi connectivity index (χ0v) is 19.7. The second kappa shape index (κ2) is 15.5. The minimum absolute atomic E-state index is 0.0826. The first kappa shape index (κ1) is 30.1. The summed E-state index contributed by atoms with van der Waals surface area (Å²) < 4.78 is 0. The van der Waals surface area contributed by atoms with Crippen LogP contribution in [0, 0.1) is 17.8 Å². The molecule has 6 nitrogen and oxygen atoms in total. The standard InChI is InChI=1S/C8H17NO.C7H15NO.C6H13NO/c1-6(2)7(10)9-8(3,4)5;1-5(2)7(9)8-6(3)4;1-4-7-6(8)5(2)3/h6H,1-5H3,(H,9,10);5-6H,1-4H3,(H,8,9);5H,4H2,1-3H3,(H,7,8). The molecule has 0 fully saturated rings. The summed E-state index contributed by atoms with van der Waals surface area (Å²) in [5.41, 5.74) is -0.0959. The molecule has 0 radical (unpaired) electrons. The van der Waals surface area contributed by atoms with Crippen molar-refractivity contribution in [1.82, 2.24) is 16.0 Å². The molecule has 27 heavy (non-hydrogen) atoms. The molecule has 6 heteroatoms. The van der Waals surface area contributed by atoms with Crippen molar-refractivity contribution in [3.8, 4) is 0 Å². The molecule has 0 aromatic rings.